The van der Waals surface area contributed by atoms with Crippen LogP contribution in [0.25, 0.3) is 0 Å². The second-order valence-electron chi connectivity index (χ2n) is 2.77. The molecule has 0 aromatic heterocycles. The van der Waals surface area contributed by atoms with Gasteiger partial charge in [0.2, 0.25) is 0 Å². The summed E-state index contributed by atoms with van der Waals surface area (Å²) in [6, 6.07) is 0. The standard InChI is InChI=1S/C7H15N3S/c8-7(9)6-10-2-1-4-11-5-3-10/h1-6H2,(H3,8,9). The molecule has 0 saturated carbocycles. The van der Waals surface area contributed by atoms with Crippen molar-refractivity contribution < 1.29 is 0 Å². The number of rotatable bonds is 2. The highest BCUT2D eigenvalue weighted by Crippen LogP contribution is 2.08. The first-order valence-electron chi connectivity index (χ1n) is 3.92. The topological polar surface area (TPSA) is 53.1 Å². The molecule has 1 rings (SSSR count). The van der Waals surface area contributed by atoms with E-state index in [1.807, 2.05) is 11.8 Å². The van der Waals surface area contributed by atoms with E-state index in [4.69, 9.17) is 11.1 Å². The minimum absolute atomic E-state index is 0.289. The van der Waals surface area contributed by atoms with Gasteiger partial charge in [0.05, 0.1) is 6.54 Å². The zero-order chi connectivity index (χ0) is 8.10. The lowest BCUT2D eigenvalue weighted by Crippen LogP contribution is -2.34. The van der Waals surface area contributed by atoms with Gasteiger partial charge in [-0.05, 0) is 18.7 Å². The molecular formula is C7H15N3S. The van der Waals surface area contributed by atoms with Crippen LogP contribution in [-0.4, -0.2) is 41.9 Å². The molecule has 1 aliphatic heterocycles. The second kappa shape index (κ2) is 4.62. The molecule has 0 unspecified atom stereocenters. The summed E-state index contributed by atoms with van der Waals surface area (Å²) < 4.78 is 0. The van der Waals surface area contributed by atoms with Crippen molar-refractivity contribution in [2.24, 2.45) is 5.73 Å². The summed E-state index contributed by atoms with van der Waals surface area (Å²) in [4.78, 5) is 2.25. The van der Waals surface area contributed by atoms with Crippen LogP contribution in [-0.2, 0) is 0 Å². The highest BCUT2D eigenvalue weighted by molar-refractivity contribution is 7.99. The van der Waals surface area contributed by atoms with Gasteiger partial charge in [-0.15, -0.1) is 0 Å². The lowest BCUT2D eigenvalue weighted by atomic mass is 10.4. The van der Waals surface area contributed by atoms with E-state index in [-0.39, 0.29) is 5.84 Å². The van der Waals surface area contributed by atoms with Gasteiger partial charge >= 0.3 is 0 Å². The molecule has 1 heterocycles. The highest BCUT2D eigenvalue weighted by atomic mass is 32.2. The van der Waals surface area contributed by atoms with Gasteiger partial charge in [0.25, 0.3) is 0 Å². The van der Waals surface area contributed by atoms with Crippen LogP contribution in [0.2, 0.25) is 0 Å². The molecule has 0 radical (unpaired) electrons. The van der Waals surface area contributed by atoms with Gasteiger partial charge in [-0.1, -0.05) is 0 Å². The van der Waals surface area contributed by atoms with E-state index >= 15 is 0 Å². The molecule has 0 aromatic carbocycles. The molecule has 0 bridgehead atoms. The van der Waals surface area contributed by atoms with Crippen molar-refractivity contribution in [3.8, 4) is 0 Å². The summed E-state index contributed by atoms with van der Waals surface area (Å²) in [5, 5.41) is 7.13. The molecule has 0 atom stereocenters. The number of thioether (sulfide) groups is 1. The number of hydrogen-bond acceptors (Lipinski definition) is 3. The van der Waals surface area contributed by atoms with Gasteiger partial charge in [0.15, 0.2) is 0 Å². The summed E-state index contributed by atoms with van der Waals surface area (Å²) >= 11 is 1.99. The lowest BCUT2D eigenvalue weighted by Gasteiger charge is -2.17. The maximum atomic E-state index is 7.13. The Kier molecular flexibility index (Phi) is 3.72. The van der Waals surface area contributed by atoms with Crippen LogP contribution in [0.4, 0.5) is 0 Å². The molecule has 3 N–H and O–H groups in total. The molecule has 11 heavy (non-hydrogen) atoms. The monoisotopic (exact) mass is 173 g/mol. The SMILES string of the molecule is N=C(N)CN1CCCSCC1. The normalized spacial score (nSPS) is 21.1. The van der Waals surface area contributed by atoms with E-state index in [0.29, 0.717) is 6.54 Å². The van der Waals surface area contributed by atoms with Gasteiger partial charge < -0.3 is 5.73 Å². The fraction of sp³-hybridized carbons (Fsp3) is 0.857. The smallest absolute Gasteiger partial charge is 0.105 e. The van der Waals surface area contributed by atoms with Crippen molar-refractivity contribution in [3.05, 3.63) is 0 Å². The van der Waals surface area contributed by atoms with Gasteiger partial charge in [0, 0.05) is 12.3 Å². The van der Waals surface area contributed by atoms with E-state index in [9.17, 15) is 0 Å². The van der Waals surface area contributed by atoms with Gasteiger partial charge in [-0.25, -0.2) is 0 Å². The Balaban J connectivity index is 2.25. The van der Waals surface area contributed by atoms with E-state index in [1.165, 1.54) is 17.9 Å². The molecule has 1 aliphatic rings. The molecule has 4 heteroatoms. The Morgan fingerprint density at radius 3 is 3.00 bits per heavy atom. The molecule has 64 valence electrons. The molecule has 0 spiro atoms. The van der Waals surface area contributed by atoms with E-state index in [2.05, 4.69) is 4.90 Å². The zero-order valence-corrected chi connectivity index (χ0v) is 7.49. The lowest BCUT2D eigenvalue weighted by molar-refractivity contribution is 0.335. The van der Waals surface area contributed by atoms with Crippen molar-refractivity contribution in [1.29, 1.82) is 5.41 Å². The minimum Gasteiger partial charge on any atom is -0.387 e. The average molecular weight is 173 g/mol. The van der Waals surface area contributed by atoms with Gasteiger partial charge in [0.1, 0.15) is 5.84 Å². The summed E-state index contributed by atoms with van der Waals surface area (Å²) in [6.07, 6.45) is 1.23. The van der Waals surface area contributed by atoms with Gasteiger partial charge in [-0.3, -0.25) is 10.3 Å². The number of amidine groups is 1. The van der Waals surface area contributed by atoms with Crippen LogP contribution in [0, 0.1) is 5.41 Å². The van der Waals surface area contributed by atoms with Crippen molar-refractivity contribution in [2.45, 2.75) is 6.42 Å². The van der Waals surface area contributed by atoms with Crippen LogP contribution in [0.1, 0.15) is 6.42 Å². The quantitative estimate of drug-likeness (QED) is 0.468. The van der Waals surface area contributed by atoms with Crippen LogP contribution in [0.3, 0.4) is 0 Å². The Morgan fingerprint density at radius 1 is 1.45 bits per heavy atom. The van der Waals surface area contributed by atoms with Crippen LogP contribution >= 0.6 is 11.8 Å². The molecular weight excluding hydrogens is 158 g/mol. The molecule has 0 amide bonds. The van der Waals surface area contributed by atoms with E-state index in [0.717, 1.165) is 13.1 Å². The average Bonchev–Trinajstić information content (AvgIpc) is 2.14. The zero-order valence-electron chi connectivity index (χ0n) is 6.68. The van der Waals surface area contributed by atoms with Crippen molar-refractivity contribution >= 4 is 17.6 Å². The Hall–Kier alpha value is -0.220. The predicted octanol–water partition coefficient (Wildman–Crippen LogP) is 0.361. The van der Waals surface area contributed by atoms with E-state index in [1.54, 1.807) is 0 Å². The molecule has 1 fully saturated rings. The first kappa shape index (κ1) is 8.87. The Bertz CT molecular complexity index is 130. The minimum atomic E-state index is 0.289. The predicted molar refractivity (Wildman–Crippen MR) is 50.3 cm³/mol. The Morgan fingerprint density at radius 2 is 2.27 bits per heavy atom. The van der Waals surface area contributed by atoms with Crippen LogP contribution in [0.15, 0.2) is 0 Å². The number of nitrogens with two attached hydrogens (primary N) is 1. The summed E-state index contributed by atoms with van der Waals surface area (Å²) in [7, 11) is 0. The first-order chi connectivity index (χ1) is 5.29. The third-order valence-corrected chi connectivity index (χ3v) is 2.76. The molecule has 0 aromatic rings. The first-order valence-corrected chi connectivity index (χ1v) is 5.07. The van der Waals surface area contributed by atoms with Crippen LogP contribution < -0.4 is 5.73 Å². The largest absolute Gasteiger partial charge is 0.387 e. The summed E-state index contributed by atoms with van der Waals surface area (Å²) in [5.74, 6) is 2.73. The fourth-order valence-corrected chi connectivity index (χ4v) is 2.12. The number of nitrogens with one attached hydrogen (secondary N) is 1. The second-order valence-corrected chi connectivity index (χ2v) is 3.99. The maximum Gasteiger partial charge on any atom is 0.105 e. The number of hydrogen-bond donors (Lipinski definition) is 2. The highest BCUT2D eigenvalue weighted by Gasteiger charge is 2.08. The number of nitrogens with zero attached hydrogens (tertiary/aromatic N) is 1. The van der Waals surface area contributed by atoms with Crippen molar-refractivity contribution in [2.75, 3.05) is 31.1 Å². The van der Waals surface area contributed by atoms with E-state index < -0.39 is 0 Å². The fourth-order valence-electron chi connectivity index (χ4n) is 1.20. The van der Waals surface area contributed by atoms with Crippen molar-refractivity contribution in [3.63, 3.8) is 0 Å². The van der Waals surface area contributed by atoms with Crippen LogP contribution in [0.5, 0.6) is 0 Å². The van der Waals surface area contributed by atoms with Crippen molar-refractivity contribution in [1.82, 2.24) is 4.90 Å². The third-order valence-electron chi connectivity index (χ3n) is 1.71. The summed E-state index contributed by atoms with van der Waals surface area (Å²) in [6.45, 7) is 2.84. The maximum absolute atomic E-state index is 7.13. The summed E-state index contributed by atoms with van der Waals surface area (Å²) in [5.41, 5.74) is 5.31. The third kappa shape index (κ3) is 3.62. The van der Waals surface area contributed by atoms with Gasteiger partial charge in [-0.2, -0.15) is 11.8 Å². The molecule has 0 aliphatic carbocycles. The Labute approximate surface area is 71.8 Å². The molecule has 3 nitrogen and oxygen atoms in total. The molecule has 1 saturated heterocycles.